The van der Waals surface area contributed by atoms with E-state index in [9.17, 15) is 13.2 Å². The number of benzene rings is 1. The van der Waals surface area contributed by atoms with Crippen molar-refractivity contribution in [2.24, 2.45) is 0 Å². The van der Waals surface area contributed by atoms with Gasteiger partial charge in [-0.15, -0.1) is 0 Å². The maximum absolute atomic E-state index is 11.3. The first kappa shape index (κ1) is 15.2. The lowest BCUT2D eigenvalue weighted by Gasteiger charge is -2.14. The molecule has 0 saturated carbocycles. The van der Waals surface area contributed by atoms with Gasteiger partial charge in [-0.2, -0.15) is 0 Å². The van der Waals surface area contributed by atoms with Gasteiger partial charge in [0, 0.05) is 19.3 Å². The summed E-state index contributed by atoms with van der Waals surface area (Å²) in [5, 5.41) is 0. The quantitative estimate of drug-likeness (QED) is 0.798. The number of rotatable bonds is 6. The minimum Gasteiger partial charge on any atom is -0.342 e. The molecule has 0 radical (unpaired) electrons. The predicted molar refractivity (Wildman–Crippen MR) is 76.4 cm³/mol. The van der Waals surface area contributed by atoms with Crippen molar-refractivity contribution in [1.82, 2.24) is 4.90 Å². The molecule has 0 aliphatic carbocycles. The molecule has 104 valence electrons. The van der Waals surface area contributed by atoms with Crippen LogP contribution in [-0.2, 0) is 21.2 Å². The molecule has 0 atom stereocenters. The van der Waals surface area contributed by atoms with Gasteiger partial charge in [-0.1, -0.05) is 18.7 Å². The first-order valence-corrected chi connectivity index (χ1v) is 7.65. The van der Waals surface area contributed by atoms with Crippen molar-refractivity contribution in [2.75, 3.05) is 24.6 Å². The third-order valence-electron chi connectivity index (χ3n) is 2.54. The Labute approximate surface area is 114 Å². The van der Waals surface area contributed by atoms with E-state index < -0.39 is 10.0 Å². The summed E-state index contributed by atoms with van der Waals surface area (Å²) in [5.74, 6) is -0.115. The number of nitrogens with zero attached hydrogens (tertiary/aromatic N) is 1. The van der Waals surface area contributed by atoms with E-state index in [0.29, 0.717) is 18.7 Å². The lowest BCUT2D eigenvalue weighted by atomic mass is 10.1. The maximum atomic E-state index is 11.3. The van der Waals surface area contributed by atoms with E-state index in [1.54, 1.807) is 24.1 Å². The largest absolute Gasteiger partial charge is 0.342 e. The SMILES string of the molecule is C=CC(=O)N(C)CCc1ccc(NS(C)(=O)=O)cc1. The van der Waals surface area contributed by atoms with E-state index in [1.807, 2.05) is 12.1 Å². The summed E-state index contributed by atoms with van der Waals surface area (Å²) in [7, 11) is -1.53. The summed E-state index contributed by atoms with van der Waals surface area (Å²) in [4.78, 5) is 12.9. The van der Waals surface area contributed by atoms with E-state index in [2.05, 4.69) is 11.3 Å². The minimum absolute atomic E-state index is 0.115. The highest BCUT2D eigenvalue weighted by atomic mass is 32.2. The number of likely N-dealkylation sites (N-methyl/N-ethyl adjacent to an activating group) is 1. The summed E-state index contributed by atoms with van der Waals surface area (Å²) >= 11 is 0. The molecule has 6 heteroatoms. The van der Waals surface area contributed by atoms with E-state index >= 15 is 0 Å². The Morgan fingerprint density at radius 3 is 2.42 bits per heavy atom. The van der Waals surface area contributed by atoms with Crippen LogP contribution in [0.5, 0.6) is 0 Å². The van der Waals surface area contributed by atoms with Crippen molar-refractivity contribution in [2.45, 2.75) is 6.42 Å². The number of anilines is 1. The number of hydrogen-bond donors (Lipinski definition) is 1. The zero-order chi connectivity index (χ0) is 14.5. The van der Waals surface area contributed by atoms with Gasteiger partial charge in [0.2, 0.25) is 15.9 Å². The number of nitrogens with one attached hydrogen (secondary N) is 1. The van der Waals surface area contributed by atoms with Crippen molar-refractivity contribution < 1.29 is 13.2 Å². The molecule has 0 heterocycles. The molecule has 0 saturated heterocycles. The zero-order valence-electron chi connectivity index (χ0n) is 11.1. The smallest absolute Gasteiger partial charge is 0.245 e. The summed E-state index contributed by atoms with van der Waals surface area (Å²) in [6.45, 7) is 4.01. The average molecular weight is 282 g/mol. The number of hydrogen-bond acceptors (Lipinski definition) is 3. The third-order valence-corrected chi connectivity index (χ3v) is 3.15. The van der Waals surface area contributed by atoms with Crippen LogP contribution in [0.4, 0.5) is 5.69 Å². The summed E-state index contributed by atoms with van der Waals surface area (Å²) in [5.41, 5.74) is 1.56. The second-order valence-corrected chi connectivity index (χ2v) is 6.03. The van der Waals surface area contributed by atoms with Gasteiger partial charge >= 0.3 is 0 Å². The van der Waals surface area contributed by atoms with Crippen LogP contribution < -0.4 is 4.72 Å². The van der Waals surface area contributed by atoms with E-state index in [-0.39, 0.29) is 5.91 Å². The van der Waals surface area contributed by atoms with Gasteiger partial charge in [0.25, 0.3) is 0 Å². The van der Waals surface area contributed by atoms with Gasteiger partial charge in [0.1, 0.15) is 0 Å². The molecule has 0 spiro atoms. The van der Waals surface area contributed by atoms with Gasteiger partial charge in [0.15, 0.2) is 0 Å². The van der Waals surface area contributed by atoms with Crippen LogP contribution in [0, 0.1) is 0 Å². The van der Waals surface area contributed by atoms with Crippen LogP contribution in [0.2, 0.25) is 0 Å². The van der Waals surface area contributed by atoms with Crippen LogP contribution in [0.1, 0.15) is 5.56 Å². The van der Waals surface area contributed by atoms with Crippen LogP contribution >= 0.6 is 0 Å². The van der Waals surface area contributed by atoms with Gasteiger partial charge in [0.05, 0.1) is 6.26 Å². The Hall–Kier alpha value is -1.82. The van der Waals surface area contributed by atoms with E-state index in [4.69, 9.17) is 0 Å². The van der Waals surface area contributed by atoms with Crippen molar-refractivity contribution in [1.29, 1.82) is 0 Å². The predicted octanol–water partition coefficient (Wildman–Crippen LogP) is 1.24. The maximum Gasteiger partial charge on any atom is 0.245 e. The molecule has 1 rings (SSSR count). The molecule has 0 aliphatic heterocycles. The van der Waals surface area contributed by atoms with Crippen LogP contribution in [0.25, 0.3) is 0 Å². The van der Waals surface area contributed by atoms with Crippen molar-refractivity contribution >= 4 is 21.6 Å². The lowest BCUT2D eigenvalue weighted by molar-refractivity contribution is -0.124. The zero-order valence-corrected chi connectivity index (χ0v) is 11.9. The Bertz CT molecular complexity index is 550. The Morgan fingerprint density at radius 2 is 1.95 bits per heavy atom. The average Bonchev–Trinajstić information content (AvgIpc) is 2.34. The summed E-state index contributed by atoms with van der Waals surface area (Å²) < 4.78 is 24.5. The fourth-order valence-corrected chi connectivity index (χ4v) is 2.08. The molecule has 0 unspecified atom stereocenters. The second-order valence-electron chi connectivity index (χ2n) is 4.29. The minimum atomic E-state index is -3.24. The van der Waals surface area contributed by atoms with Crippen molar-refractivity contribution in [3.8, 4) is 0 Å². The van der Waals surface area contributed by atoms with Gasteiger partial charge < -0.3 is 4.90 Å². The summed E-state index contributed by atoms with van der Waals surface area (Å²) in [6, 6.07) is 7.07. The van der Waals surface area contributed by atoms with Crippen LogP contribution in [-0.4, -0.2) is 39.1 Å². The second kappa shape index (κ2) is 6.38. The molecule has 0 fully saturated rings. The number of carbonyl (C=O) groups is 1. The van der Waals surface area contributed by atoms with E-state index in [0.717, 1.165) is 11.8 Å². The molecule has 1 N–H and O–H groups in total. The van der Waals surface area contributed by atoms with Crippen molar-refractivity contribution in [3.05, 3.63) is 42.5 Å². The van der Waals surface area contributed by atoms with Crippen LogP contribution in [0.3, 0.4) is 0 Å². The fraction of sp³-hybridized carbons (Fsp3) is 0.308. The summed E-state index contributed by atoms with van der Waals surface area (Å²) in [6.07, 6.45) is 3.09. The molecule has 1 aromatic rings. The van der Waals surface area contributed by atoms with E-state index in [1.165, 1.54) is 6.08 Å². The van der Waals surface area contributed by atoms with Gasteiger partial charge in [-0.25, -0.2) is 8.42 Å². The molecule has 1 amide bonds. The van der Waals surface area contributed by atoms with Gasteiger partial charge in [-0.3, -0.25) is 9.52 Å². The van der Waals surface area contributed by atoms with Gasteiger partial charge in [-0.05, 0) is 30.2 Å². The monoisotopic (exact) mass is 282 g/mol. The highest BCUT2D eigenvalue weighted by molar-refractivity contribution is 7.92. The molecular formula is C13H18N2O3S. The Morgan fingerprint density at radius 1 is 1.37 bits per heavy atom. The lowest BCUT2D eigenvalue weighted by Crippen LogP contribution is -2.26. The van der Waals surface area contributed by atoms with Crippen LogP contribution in [0.15, 0.2) is 36.9 Å². The fourth-order valence-electron chi connectivity index (χ4n) is 1.52. The topological polar surface area (TPSA) is 66.5 Å². The Kier molecular flexibility index (Phi) is 5.11. The normalized spacial score (nSPS) is 10.8. The molecule has 0 aromatic heterocycles. The van der Waals surface area contributed by atoms with Crippen molar-refractivity contribution in [3.63, 3.8) is 0 Å². The first-order valence-electron chi connectivity index (χ1n) is 5.76. The third kappa shape index (κ3) is 5.56. The highest BCUT2D eigenvalue weighted by Crippen LogP contribution is 2.11. The molecule has 0 bridgehead atoms. The highest BCUT2D eigenvalue weighted by Gasteiger charge is 2.05. The Balaban J connectivity index is 2.58. The standard InChI is InChI=1S/C13H18N2O3S/c1-4-13(16)15(2)10-9-11-5-7-12(8-6-11)14-19(3,17)18/h4-8,14H,1,9-10H2,2-3H3. The molecule has 19 heavy (non-hydrogen) atoms. The molecule has 5 nitrogen and oxygen atoms in total. The first-order chi connectivity index (χ1) is 8.81. The molecule has 1 aromatic carbocycles. The number of carbonyl (C=O) groups excluding carboxylic acids is 1. The molecule has 0 aliphatic rings. The number of sulfonamides is 1. The molecular weight excluding hydrogens is 264 g/mol. The number of amides is 1.